The molecule has 21 heavy (non-hydrogen) atoms. The Morgan fingerprint density at radius 2 is 2.24 bits per heavy atom. The lowest BCUT2D eigenvalue weighted by molar-refractivity contribution is -0.150. The van der Waals surface area contributed by atoms with Crippen molar-refractivity contribution in [2.75, 3.05) is 13.7 Å². The topological polar surface area (TPSA) is 85.5 Å². The minimum atomic E-state index is -0.444. The molecule has 2 heterocycles. The van der Waals surface area contributed by atoms with E-state index in [1.54, 1.807) is 4.90 Å². The fourth-order valence-corrected chi connectivity index (χ4v) is 2.52. The average molecular weight is 295 g/mol. The third kappa shape index (κ3) is 3.80. The SMILES string of the molecule is CCCc1noc(CCC(=O)N2CCCC2C(=O)OC)n1. The van der Waals surface area contributed by atoms with E-state index in [0.717, 1.165) is 19.3 Å². The van der Waals surface area contributed by atoms with Gasteiger partial charge in [0, 0.05) is 25.8 Å². The number of esters is 1. The number of nitrogens with zero attached hydrogens (tertiary/aromatic N) is 3. The summed E-state index contributed by atoms with van der Waals surface area (Å²) in [4.78, 5) is 29.7. The molecular formula is C14H21N3O4. The van der Waals surface area contributed by atoms with E-state index in [1.807, 2.05) is 6.92 Å². The number of ether oxygens (including phenoxy) is 1. The van der Waals surface area contributed by atoms with Crippen molar-refractivity contribution >= 4 is 11.9 Å². The lowest BCUT2D eigenvalue weighted by Gasteiger charge is -2.22. The molecule has 1 atom stereocenters. The molecule has 1 aliphatic rings. The monoisotopic (exact) mass is 295 g/mol. The fraction of sp³-hybridized carbons (Fsp3) is 0.714. The molecule has 1 saturated heterocycles. The van der Waals surface area contributed by atoms with Crippen LogP contribution in [0.5, 0.6) is 0 Å². The molecule has 0 spiro atoms. The van der Waals surface area contributed by atoms with Crippen molar-refractivity contribution in [2.45, 2.75) is 51.5 Å². The van der Waals surface area contributed by atoms with Crippen molar-refractivity contribution in [3.8, 4) is 0 Å². The minimum absolute atomic E-state index is 0.0712. The number of carbonyl (C=O) groups excluding carboxylic acids is 2. The van der Waals surface area contributed by atoms with Gasteiger partial charge in [-0.15, -0.1) is 0 Å². The minimum Gasteiger partial charge on any atom is -0.467 e. The Morgan fingerprint density at radius 1 is 1.43 bits per heavy atom. The van der Waals surface area contributed by atoms with E-state index in [0.29, 0.717) is 31.1 Å². The summed E-state index contributed by atoms with van der Waals surface area (Å²) < 4.78 is 9.84. The molecule has 0 saturated carbocycles. The van der Waals surface area contributed by atoms with E-state index in [-0.39, 0.29) is 18.3 Å². The Hall–Kier alpha value is -1.92. The first kappa shape index (κ1) is 15.5. The largest absolute Gasteiger partial charge is 0.467 e. The molecule has 0 aliphatic carbocycles. The van der Waals surface area contributed by atoms with Crippen LogP contribution in [0.4, 0.5) is 0 Å². The van der Waals surface area contributed by atoms with Crippen LogP contribution in [0.25, 0.3) is 0 Å². The van der Waals surface area contributed by atoms with Gasteiger partial charge in [0.2, 0.25) is 11.8 Å². The van der Waals surface area contributed by atoms with E-state index < -0.39 is 6.04 Å². The van der Waals surface area contributed by atoms with Crippen molar-refractivity contribution < 1.29 is 18.8 Å². The summed E-state index contributed by atoms with van der Waals surface area (Å²) in [6, 6.07) is -0.444. The Kier molecular flexibility index (Phi) is 5.30. The summed E-state index contributed by atoms with van der Waals surface area (Å²) in [6.45, 7) is 2.64. The summed E-state index contributed by atoms with van der Waals surface area (Å²) in [5, 5.41) is 3.85. The van der Waals surface area contributed by atoms with Crippen LogP contribution < -0.4 is 0 Å². The van der Waals surface area contributed by atoms with Crippen molar-refractivity contribution in [1.29, 1.82) is 0 Å². The molecule has 1 aliphatic heterocycles. The van der Waals surface area contributed by atoms with E-state index in [9.17, 15) is 9.59 Å². The Balaban J connectivity index is 1.87. The molecule has 7 nitrogen and oxygen atoms in total. The maximum atomic E-state index is 12.2. The van der Waals surface area contributed by atoms with Gasteiger partial charge in [0.25, 0.3) is 0 Å². The van der Waals surface area contributed by atoms with E-state index >= 15 is 0 Å². The van der Waals surface area contributed by atoms with Crippen LogP contribution in [0.1, 0.15) is 44.3 Å². The summed E-state index contributed by atoms with van der Waals surface area (Å²) in [5.41, 5.74) is 0. The zero-order chi connectivity index (χ0) is 15.2. The molecule has 1 aromatic heterocycles. The Labute approximate surface area is 123 Å². The smallest absolute Gasteiger partial charge is 0.328 e. The molecule has 1 aromatic rings. The van der Waals surface area contributed by atoms with Crippen LogP contribution in [0.15, 0.2) is 4.52 Å². The highest BCUT2D eigenvalue weighted by Crippen LogP contribution is 2.19. The second-order valence-electron chi connectivity index (χ2n) is 5.12. The van der Waals surface area contributed by atoms with Crippen LogP contribution in [0, 0.1) is 0 Å². The predicted octanol–water partition coefficient (Wildman–Crippen LogP) is 1.12. The summed E-state index contributed by atoms with van der Waals surface area (Å²) in [5.74, 6) is 0.733. The molecule has 7 heteroatoms. The molecule has 116 valence electrons. The van der Waals surface area contributed by atoms with Gasteiger partial charge in [0.1, 0.15) is 6.04 Å². The molecule has 1 unspecified atom stereocenters. The van der Waals surface area contributed by atoms with Crippen molar-refractivity contribution in [3.63, 3.8) is 0 Å². The van der Waals surface area contributed by atoms with Gasteiger partial charge in [0.05, 0.1) is 7.11 Å². The van der Waals surface area contributed by atoms with Crippen LogP contribution in [0.2, 0.25) is 0 Å². The quantitative estimate of drug-likeness (QED) is 0.731. The lowest BCUT2D eigenvalue weighted by atomic mass is 10.2. The number of methoxy groups -OCH3 is 1. The summed E-state index contributed by atoms with van der Waals surface area (Å²) in [6.07, 6.45) is 3.88. The van der Waals surface area contributed by atoms with Crippen LogP contribution in [-0.2, 0) is 27.2 Å². The number of aryl methyl sites for hydroxylation is 2. The first-order chi connectivity index (χ1) is 10.2. The van der Waals surface area contributed by atoms with Crippen LogP contribution in [0.3, 0.4) is 0 Å². The van der Waals surface area contributed by atoms with E-state index in [4.69, 9.17) is 9.26 Å². The van der Waals surface area contributed by atoms with E-state index in [2.05, 4.69) is 10.1 Å². The molecule has 0 N–H and O–H groups in total. The van der Waals surface area contributed by atoms with Gasteiger partial charge in [-0.2, -0.15) is 4.98 Å². The maximum absolute atomic E-state index is 12.2. The molecule has 0 bridgehead atoms. The molecule has 1 amide bonds. The normalized spacial score (nSPS) is 18.0. The zero-order valence-corrected chi connectivity index (χ0v) is 12.5. The maximum Gasteiger partial charge on any atom is 0.328 e. The van der Waals surface area contributed by atoms with Gasteiger partial charge in [-0.3, -0.25) is 4.79 Å². The number of hydrogen-bond acceptors (Lipinski definition) is 6. The first-order valence-corrected chi connectivity index (χ1v) is 7.34. The van der Waals surface area contributed by atoms with Crippen molar-refractivity contribution in [1.82, 2.24) is 15.0 Å². The van der Waals surface area contributed by atoms with Gasteiger partial charge in [-0.1, -0.05) is 12.1 Å². The predicted molar refractivity (Wildman–Crippen MR) is 73.4 cm³/mol. The first-order valence-electron chi connectivity index (χ1n) is 7.34. The second-order valence-corrected chi connectivity index (χ2v) is 5.12. The highest BCUT2D eigenvalue weighted by molar-refractivity contribution is 5.85. The highest BCUT2D eigenvalue weighted by Gasteiger charge is 2.34. The van der Waals surface area contributed by atoms with Gasteiger partial charge < -0.3 is 14.2 Å². The van der Waals surface area contributed by atoms with Gasteiger partial charge in [0.15, 0.2) is 5.82 Å². The lowest BCUT2D eigenvalue weighted by Crippen LogP contribution is -2.41. The van der Waals surface area contributed by atoms with Gasteiger partial charge >= 0.3 is 5.97 Å². The molecule has 2 rings (SSSR count). The number of amides is 1. The molecule has 0 aromatic carbocycles. The number of rotatable bonds is 6. The van der Waals surface area contributed by atoms with Crippen molar-refractivity contribution in [2.24, 2.45) is 0 Å². The molecule has 0 radical (unpaired) electrons. The Bertz CT molecular complexity index is 500. The molecule has 1 fully saturated rings. The highest BCUT2D eigenvalue weighted by atomic mass is 16.5. The van der Waals surface area contributed by atoms with Crippen molar-refractivity contribution in [3.05, 3.63) is 11.7 Å². The van der Waals surface area contributed by atoms with Crippen LogP contribution >= 0.6 is 0 Å². The summed E-state index contributed by atoms with van der Waals surface area (Å²) in [7, 11) is 1.34. The van der Waals surface area contributed by atoms with Crippen LogP contribution in [-0.4, -0.2) is 46.6 Å². The fourth-order valence-electron chi connectivity index (χ4n) is 2.52. The number of carbonyl (C=O) groups is 2. The number of aromatic nitrogens is 2. The zero-order valence-electron chi connectivity index (χ0n) is 12.5. The van der Waals surface area contributed by atoms with Gasteiger partial charge in [-0.05, 0) is 19.3 Å². The van der Waals surface area contributed by atoms with Gasteiger partial charge in [-0.25, -0.2) is 4.79 Å². The third-order valence-electron chi connectivity index (χ3n) is 3.58. The number of likely N-dealkylation sites (tertiary alicyclic amines) is 1. The summed E-state index contributed by atoms with van der Waals surface area (Å²) >= 11 is 0. The average Bonchev–Trinajstić information content (AvgIpc) is 3.13. The second kappa shape index (κ2) is 7.19. The Morgan fingerprint density at radius 3 is 2.95 bits per heavy atom. The molecular weight excluding hydrogens is 274 g/mol. The number of hydrogen-bond donors (Lipinski definition) is 0. The third-order valence-corrected chi connectivity index (χ3v) is 3.58. The standard InChI is InChI=1S/C14H21N3O4/c1-3-5-11-15-12(21-16-11)7-8-13(18)17-9-4-6-10(17)14(19)20-2/h10H,3-9H2,1-2H3. The van der Waals surface area contributed by atoms with E-state index in [1.165, 1.54) is 7.11 Å².